The van der Waals surface area contributed by atoms with Gasteiger partial charge in [0.05, 0.1) is 11.9 Å². The van der Waals surface area contributed by atoms with Crippen molar-refractivity contribution in [1.29, 1.82) is 0 Å². The van der Waals surface area contributed by atoms with Crippen molar-refractivity contribution >= 4 is 29.3 Å². The molecule has 0 aliphatic carbocycles. The zero-order valence-electron chi connectivity index (χ0n) is 19.2. The van der Waals surface area contributed by atoms with Crippen molar-refractivity contribution in [3.63, 3.8) is 0 Å². The molecule has 2 heterocycles. The zero-order chi connectivity index (χ0) is 22.9. The molecule has 0 radical (unpaired) electrons. The fourth-order valence-corrected chi connectivity index (χ4v) is 3.86. The Balaban J connectivity index is 1.45. The van der Waals surface area contributed by atoms with E-state index in [4.69, 9.17) is 0 Å². The van der Waals surface area contributed by atoms with Crippen molar-refractivity contribution in [2.45, 2.75) is 33.6 Å². The van der Waals surface area contributed by atoms with Gasteiger partial charge in [-0.2, -0.15) is 0 Å². The molecule has 1 aromatic heterocycles. The quantitative estimate of drug-likeness (QED) is 0.601. The van der Waals surface area contributed by atoms with Gasteiger partial charge in [0.2, 0.25) is 0 Å². The van der Waals surface area contributed by atoms with Gasteiger partial charge < -0.3 is 25.8 Å². The number of hydrogen-bond acceptors (Lipinski definition) is 4. The highest BCUT2D eigenvalue weighted by molar-refractivity contribution is 5.90. The number of likely N-dealkylation sites (tertiary alicyclic amines) is 1. The van der Waals surface area contributed by atoms with Crippen molar-refractivity contribution in [1.82, 2.24) is 15.2 Å². The van der Waals surface area contributed by atoms with Crippen molar-refractivity contribution in [2.24, 2.45) is 5.92 Å². The molecule has 0 saturated carbocycles. The number of hydrogen-bond donors (Lipinski definition) is 3. The normalized spacial score (nSPS) is 15.7. The minimum Gasteiger partial charge on any atom is -0.357 e. The molecule has 32 heavy (non-hydrogen) atoms. The maximum absolute atomic E-state index is 12.7. The summed E-state index contributed by atoms with van der Waals surface area (Å²) in [5, 5.41) is 8.71. The maximum Gasteiger partial charge on any atom is 0.321 e. The van der Waals surface area contributed by atoms with Crippen molar-refractivity contribution in [2.75, 3.05) is 48.3 Å². The Hall–Kier alpha value is -3.29. The summed E-state index contributed by atoms with van der Waals surface area (Å²) in [7, 11) is 0. The predicted molar refractivity (Wildman–Crippen MR) is 129 cm³/mol. The fourth-order valence-electron chi connectivity index (χ4n) is 3.86. The van der Waals surface area contributed by atoms with Crippen LogP contribution in [0.3, 0.4) is 0 Å². The lowest BCUT2D eigenvalue weighted by Crippen LogP contribution is -2.45. The molecule has 0 unspecified atom stereocenters. The average molecular weight is 439 g/mol. The van der Waals surface area contributed by atoms with Gasteiger partial charge in [0, 0.05) is 38.4 Å². The van der Waals surface area contributed by atoms with Gasteiger partial charge in [-0.1, -0.05) is 17.7 Å². The van der Waals surface area contributed by atoms with E-state index in [2.05, 4.69) is 39.7 Å². The van der Waals surface area contributed by atoms with Crippen LogP contribution in [0.2, 0.25) is 0 Å². The number of amides is 4. The summed E-state index contributed by atoms with van der Waals surface area (Å²) in [5.41, 5.74) is 2.59. The summed E-state index contributed by atoms with van der Waals surface area (Å²) in [6.45, 7) is 9.82. The first kappa shape index (κ1) is 23.4. The third kappa shape index (κ3) is 6.60. The van der Waals surface area contributed by atoms with Crippen molar-refractivity contribution in [3.8, 4) is 0 Å². The number of pyridine rings is 1. The van der Waals surface area contributed by atoms with Crippen LogP contribution in [-0.2, 0) is 0 Å². The van der Waals surface area contributed by atoms with Crippen LogP contribution in [0.4, 0.5) is 26.8 Å². The van der Waals surface area contributed by atoms with E-state index in [0.717, 1.165) is 43.0 Å². The Morgan fingerprint density at radius 2 is 1.78 bits per heavy atom. The molecule has 0 spiro atoms. The van der Waals surface area contributed by atoms with Gasteiger partial charge in [-0.25, -0.2) is 14.6 Å². The Morgan fingerprint density at radius 3 is 2.44 bits per heavy atom. The highest BCUT2D eigenvalue weighted by Crippen LogP contribution is 2.19. The van der Waals surface area contributed by atoms with E-state index < -0.39 is 0 Å². The maximum atomic E-state index is 12.7. The van der Waals surface area contributed by atoms with Gasteiger partial charge in [0.15, 0.2) is 0 Å². The minimum atomic E-state index is -0.227. The van der Waals surface area contributed by atoms with Gasteiger partial charge in [-0.3, -0.25) is 0 Å². The van der Waals surface area contributed by atoms with Crippen molar-refractivity contribution in [3.05, 3.63) is 48.2 Å². The number of aryl methyl sites for hydroxylation is 1. The SMILES string of the molecule is CCN(CC)c1ccc(NC(=O)N2CCC[C@@H](CNC(=O)Nc3ccc(C)cc3)C2)cn1. The largest absolute Gasteiger partial charge is 0.357 e. The third-order valence-electron chi connectivity index (χ3n) is 5.75. The molecule has 1 fully saturated rings. The lowest BCUT2D eigenvalue weighted by Gasteiger charge is -2.32. The number of urea groups is 2. The van der Waals surface area contributed by atoms with Crippen LogP contribution >= 0.6 is 0 Å². The first-order valence-corrected chi connectivity index (χ1v) is 11.4. The molecular weight excluding hydrogens is 404 g/mol. The van der Waals surface area contributed by atoms with E-state index >= 15 is 0 Å². The van der Waals surface area contributed by atoms with Crippen LogP contribution in [0.25, 0.3) is 0 Å². The van der Waals surface area contributed by atoms with Crippen LogP contribution < -0.4 is 20.9 Å². The number of benzene rings is 1. The molecule has 8 heteroatoms. The van der Waals surface area contributed by atoms with Gasteiger partial charge in [-0.15, -0.1) is 0 Å². The molecule has 1 saturated heterocycles. The number of carbonyl (C=O) groups excluding carboxylic acids is 2. The van der Waals surface area contributed by atoms with E-state index in [1.54, 1.807) is 6.20 Å². The second kappa shape index (κ2) is 11.4. The van der Waals surface area contributed by atoms with Crippen LogP contribution in [0.5, 0.6) is 0 Å². The van der Waals surface area contributed by atoms with Crippen LogP contribution in [0, 0.1) is 12.8 Å². The Labute approximate surface area is 190 Å². The molecule has 1 aromatic carbocycles. The molecule has 1 aliphatic rings. The van der Waals surface area contributed by atoms with Crippen LogP contribution in [0.15, 0.2) is 42.6 Å². The molecule has 2 aromatic rings. The summed E-state index contributed by atoms with van der Waals surface area (Å²) in [6.07, 6.45) is 3.59. The first-order chi connectivity index (χ1) is 15.5. The number of rotatable bonds is 7. The lowest BCUT2D eigenvalue weighted by atomic mass is 9.98. The number of nitrogens with zero attached hydrogens (tertiary/aromatic N) is 3. The van der Waals surface area contributed by atoms with E-state index in [1.165, 1.54) is 0 Å². The number of aromatic nitrogens is 1. The number of anilines is 3. The monoisotopic (exact) mass is 438 g/mol. The summed E-state index contributed by atoms with van der Waals surface area (Å²) >= 11 is 0. The lowest BCUT2D eigenvalue weighted by molar-refractivity contribution is 0.176. The van der Waals surface area contributed by atoms with E-state index in [9.17, 15) is 9.59 Å². The van der Waals surface area contributed by atoms with Gasteiger partial charge in [-0.05, 0) is 63.8 Å². The van der Waals surface area contributed by atoms with Crippen LogP contribution in [0.1, 0.15) is 32.3 Å². The van der Waals surface area contributed by atoms with E-state index in [-0.39, 0.29) is 18.0 Å². The minimum absolute atomic E-state index is 0.129. The highest BCUT2D eigenvalue weighted by atomic mass is 16.2. The molecule has 0 bridgehead atoms. The average Bonchev–Trinajstić information content (AvgIpc) is 2.81. The molecule has 3 rings (SSSR count). The smallest absolute Gasteiger partial charge is 0.321 e. The first-order valence-electron chi connectivity index (χ1n) is 11.4. The molecule has 172 valence electrons. The van der Waals surface area contributed by atoms with Crippen LogP contribution in [-0.4, -0.2) is 54.7 Å². The molecule has 3 N–H and O–H groups in total. The molecule has 8 nitrogen and oxygen atoms in total. The standard InChI is InChI=1S/C24H34N6O2/c1-4-29(5-2)22-13-12-21(16-25-22)28-24(32)30-14-6-7-19(17-30)15-26-23(31)27-20-10-8-18(3)9-11-20/h8-13,16,19H,4-7,14-15,17H2,1-3H3,(H,28,32)(H2,26,27,31)/t19-/m0/s1. The summed E-state index contributed by atoms with van der Waals surface area (Å²) in [4.78, 5) is 33.3. The summed E-state index contributed by atoms with van der Waals surface area (Å²) in [5.74, 6) is 1.13. The van der Waals surface area contributed by atoms with E-state index in [1.807, 2.05) is 48.2 Å². The number of carbonyl (C=O) groups is 2. The highest BCUT2D eigenvalue weighted by Gasteiger charge is 2.24. The van der Waals surface area contributed by atoms with Gasteiger partial charge in [0.1, 0.15) is 5.82 Å². The Kier molecular flexibility index (Phi) is 8.30. The third-order valence-corrected chi connectivity index (χ3v) is 5.75. The van der Waals surface area contributed by atoms with E-state index in [0.29, 0.717) is 25.3 Å². The topological polar surface area (TPSA) is 89.6 Å². The van der Waals surface area contributed by atoms with Gasteiger partial charge >= 0.3 is 12.1 Å². The number of piperidine rings is 1. The zero-order valence-corrected chi connectivity index (χ0v) is 19.2. The molecular formula is C24H34N6O2. The summed E-state index contributed by atoms with van der Waals surface area (Å²) in [6, 6.07) is 11.1. The number of nitrogens with one attached hydrogen (secondary N) is 3. The second-order valence-electron chi connectivity index (χ2n) is 8.16. The molecule has 4 amide bonds. The molecule has 1 aliphatic heterocycles. The predicted octanol–water partition coefficient (Wildman–Crippen LogP) is 4.30. The van der Waals surface area contributed by atoms with Crippen molar-refractivity contribution < 1.29 is 9.59 Å². The molecule has 1 atom stereocenters. The second-order valence-corrected chi connectivity index (χ2v) is 8.16. The Morgan fingerprint density at radius 1 is 1.06 bits per heavy atom. The Bertz CT molecular complexity index is 880. The fraction of sp³-hybridized carbons (Fsp3) is 0.458. The summed E-state index contributed by atoms with van der Waals surface area (Å²) < 4.78 is 0. The van der Waals surface area contributed by atoms with Gasteiger partial charge in [0.25, 0.3) is 0 Å².